The molecule has 1 heterocycles. The minimum atomic E-state index is -0.478. The summed E-state index contributed by atoms with van der Waals surface area (Å²) < 4.78 is 10.2. The van der Waals surface area contributed by atoms with Crippen molar-refractivity contribution in [1.82, 2.24) is 0 Å². The second kappa shape index (κ2) is 8.93. The first kappa shape index (κ1) is 17.8. The van der Waals surface area contributed by atoms with Crippen molar-refractivity contribution in [3.63, 3.8) is 0 Å². The zero-order valence-corrected chi connectivity index (χ0v) is 14.4. The largest absolute Gasteiger partial charge is 0.494 e. The minimum absolute atomic E-state index is 0.354. The average molecular weight is 348 g/mol. The van der Waals surface area contributed by atoms with E-state index in [0.29, 0.717) is 22.9 Å². The van der Waals surface area contributed by atoms with Crippen molar-refractivity contribution < 1.29 is 19.1 Å². The van der Waals surface area contributed by atoms with Gasteiger partial charge in [-0.2, -0.15) is 0 Å². The van der Waals surface area contributed by atoms with Crippen molar-refractivity contribution in [2.24, 2.45) is 0 Å². The fourth-order valence-electron chi connectivity index (χ4n) is 1.91. The Morgan fingerprint density at radius 2 is 1.88 bits per heavy atom. The van der Waals surface area contributed by atoms with Crippen LogP contribution >= 0.6 is 11.3 Å². The van der Waals surface area contributed by atoms with Gasteiger partial charge in [-0.25, -0.2) is 9.59 Å². The number of methoxy groups -OCH3 is 1. The van der Waals surface area contributed by atoms with E-state index in [1.54, 1.807) is 35.7 Å². The number of esters is 1. The van der Waals surface area contributed by atoms with Gasteiger partial charge in [0.2, 0.25) is 0 Å². The Kier molecular flexibility index (Phi) is 6.62. The number of anilines is 2. The minimum Gasteiger partial charge on any atom is -0.494 e. The molecule has 0 unspecified atom stereocenters. The van der Waals surface area contributed by atoms with E-state index < -0.39 is 12.0 Å². The molecule has 0 aliphatic rings. The zero-order chi connectivity index (χ0) is 17.4. The lowest BCUT2D eigenvalue weighted by Crippen LogP contribution is -2.20. The summed E-state index contributed by atoms with van der Waals surface area (Å²) in [5, 5.41) is 7.06. The third-order valence-electron chi connectivity index (χ3n) is 3.16. The second-order valence-corrected chi connectivity index (χ2v) is 5.88. The first-order valence-corrected chi connectivity index (χ1v) is 8.48. The summed E-state index contributed by atoms with van der Waals surface area (Å²) in [5.41, 5.74) is 1.05. The predicted octanol–water partition coefficient (Wildman–Crippen LogP) is 4.36. The summed E-state index contributed by atoms with van der Waals surface area (Å²) in [4.78, 5) is 24.0. The molecule has 2 amide bonds. The highest BCUT2D eigenvalue weighted by Crippen LogP contribution is 2.23. The summed E-state index contributed by atoms with van der Waals surface area (Å²) in [7, 11) is 1.30. The lowest BCUT2D eigenvalue weighted by Gasteiger charge is -2.09. The molecular weight excluding hydrogens is 328 g/mol. The standard InChI is InChI=1S/C17H20N2O4S/c1-3-4-10-23-13-7-5-12(6-8-13)18-17(21)19-14-9-11-24-15(14)16(20)22-2/h5-9,11H,3-4,10H2,1-2H3,(H2,18,19,21). The van der Waals surface area contributed by atoms with Gasteiger partial charge < -0.3 is 20.1 Å². The number of carbonyl (C=O) groups excluding carboxylic acids is 2. The van der Waals surface area contributed by atoms with Crippen molar-refractivity contribution in [3.8, 4) is 5.75 Å². The Bertz CT molecular complexity index is 682. The van der Waals surface area contributed by atoms with E-state index in [1.165, 1.54) is 18.4 Å². The van der Waals surface area contributed by atoms with Gasteiger partial charge in [0, 0.05) is 5.69 Å². The summed E-state index contributed by atoms with van der Waals surface area (Å²) >= 11 is 1.21. The molecule has 0 atom stereocenters. The highest BCUT2D eigenvalue weighted by atomic mass is 32.1. The number of carbonyl (C=O) groups is 2. The van der Waals surface area contributed by atoms with Crippen molar-refractivity contribution in [3.05, 3.63) is 40.6 Å². The summed E-state index contributed by atoms with van der Waals surface area (Å²) in [5.74, 6) is 0.286. The second-order valence-electron chi connectivity index (χ2n) is 4.96. The van der Waals surface area contributed by atoms with Gasteiger partial charge in [0.25, 0.3) is 0 Å². The molecule has 1 aromatic heterocycles. The van der Waals surface area contributed by atoms with Gasteiger partial charge in [0.05, 0.1) is 19.4 Å². The molecule has 2 rings (SSSR count). The van der Waals surface area contributed by atoms with Crippen LogP contribution in [0.15, 0.2) is 35.7 Å². The van der Waals surface area contributed by atoms with Gasteiger partial charge in [-0.15, -0.1) is 11.3 Å². The molecule has 0 aliphatic heterocycles. The maximum absolute atomic E-state index is 12.0. The van der Waals surface area contributed by atoms with E-state index in [0.717, 1.165) is 18.6 Å². The van der Waals surface area contributed by atoms with E-state index >= 15 is 0 Å². The number of ether oxygens (including phenoxy) is 2. The number of thiophene rings is 1. The fraction of sp³-hybridized carbons (Fsp3) is 0.294. The van der Waals surface area contributed by atoms with Crippen LogP contribution in [0.3, 0.4) is 0 Å². The molecule has 24 heavy (non-hydrogen) atoms. The number of amides is 2. The first-order valence-electron chi connectivity index (χ1n) is 7.60. The number of benzene rings is 1. The van der Waals surface area contributed by atoms with E-state index in [-0.39, 0.29) is 0 Å². The Labute approximate surface area is 144 Å². The average Bonchev–Trinajstić information content (AvgIpc) is 3.04. The third kappa shape index (κ3) is 4.99. The zero-order valence-electron chi connectivity index (χ0n) is 13.6. The lowest BCUT2D eigenvalue weighted by atomic mass is 10.3. The van der Waals surface area contributed by atoms with Gasteiger partial charge in [-0.3, -0.25) is 0 Å². The van der Waals surface area contributed by atoms with Crippen molar-refractivity contribution in [2.75, 3.05) is 24.4 Å². The van der Waals surface area contributed by atoms with Crippen LogP contribution in [0.5, 0.6) is 5.75 Å². The van der Waals surface area contributed by atoms with Crippen molar-refractivity contribution in [2.45, 2.75) is 19.8 Å². The van der Waals surface area contributed by atoms with Gasteiger partial charge in [0.15, 0.2) is 0 Å². The first-order chi connectivity index (χ1) is 11.6. The molecule has 6 nitrogen and oxygen atoms in total. The SMILES string of the molecule is CCCCOc1ccc(NC(=O)Nc2ccsc2C(=O)OC)cc1. The molecule has 7 heteroatoms. The number of hydrogen-bond donors (Lipinski definition) is 2. The summed E-state index contributed by atoms with van der Waals surface area (Å²) in [6.07, 6.45) is 2.08. The molecule has 0 aliphatic carbocycles. The van der Waals surface area contributed by atoms with Crippen LogP contribution in [-0.4, -0.2) is 25.7 Å². The molecule has 1 aromatic carbocycles. The number of unbranched alkanes of at least 4 members (excludes halogenated alkanes) is 1. The van der Waals surface area contributed by atoms with Gasteiger partial charge >= 0.3 is 12.0 Å². The normalized spacial score (nSPS) is 10.1. The summed E-state index contributed by atoms with van der Waals surface area (Å²) in [6.45, 7) is 2.78. The Morgan fingerprint density at radius 3 is 2.54 bits per heavy atom. The van der Waals surface area contributed by atoms with Crippen LogP contribution in [-0.2, 0) is 4.74 Å². The molecule has 0 saturated heterocycles. The molecule has 2 aromatic rings. The quantitative estimate of drug-likeness (QED) is 0.576. The predicted molar refractivity (Wildman–Crippen MR) is 95.1 cm³/mol. The number of rotatable bonds is 7. The topological polar surface area (TPSA) is 76.7 Å². The number of hydrogen-bond acceptors (Lipinski definition) is 5. The van der Waals surface area contributed by atoms with Crippen LogP contribution in [0.2, 0.25) is 0 Å². The molecular formula is C17H20N2O4S. The fourth-order valence-corrected chi connectivity index (χ4v) is 2.68. The van der Waals surface area contributed by atoms with Gasteiger partial charge in [-0.05, 0) is 42.1 Å². The number of urea groups is 1. The van der Waals surface area contributed by atoms with Crippen LogP contribution in [0.25, 0.3) is 0 Å². The van der Waals surface area contributed by atoms with E-state index in [2.05, 4.69) is 22.3 Å². The van der Waals surface area contributed by atoms with Crippen LogP contribution in [0, 0.1) is 0 Å². The molecule has 0 fully saturated rings. The van der Waals surface area contributed by atoms with Crippen LogP contribution in [0.1, 0.15) is 29.4 Å². The maximum Gasteiger partial charge on any atom is 0.350 e. The Balaban J connectivity index is 1.90. The molecule has 0 bridgehead atoms. The van der Waals surface area contributed by atoms with Crippen LogP contribution in [0.4, 0.5) is 16.2 Å². The maximum atomic E-state index is 12.0. The van der Waals surface area contributed by atoms with E-state index in [9.17, 15) is 9.59 Å². The number of nitrogens with one attached hydrogen (secondary N) is 2. The summed E-state index contributed by atoms with van der Waals surface area (Å²) in [6, 6.07) is 8.34. The molecule has 0 spiro atoms. The molecule has 2 N–H and O–H groups in total. The molecule has 128 valence electrons. The Morgan fingerprint density at radius 1 is 1.12 bits per heavy atom. The van der Waals surface area contributed by atoms with Gasteiger partial charge in [0.1, 0.15) is 10.6 Å². The van der Waals surface area contributed by atoms with E-state index in [4.69, 9.17) is 4.74 Å². The van der Waals surface area contributed by atoms with Gasteiger partial charge in [-0.1, -0.05) is 13.3 Å². The Hall–Kier alpha value is -2.54. The third-order valence-corrected chi connectivity index (χ3v) is 4.06. The molecule has 0 radical (unpaired) electrons. The highest BCUT2D eigenvalue weighted by Gasteiger charge is 2.15. The highest BCUT2D eigenvalue weighted by molar-refractivity contribution is 7.12. The van der Waals surface area contributed by atoms with Crippen LogP contribution < -0.4 is 15.4 Å². The lowest BCUT2D eigenvalue weighted by molar-refractivity contribution is 0.0607. The monoisotopic (exact) mass is 348 g/mol. The smallest absolute Gasteiger partial charge is 0.350 e. The van der Waals surface area contributed by atoms with Crippen molar-refractivity contribution in [1.29, 1.82) is 0 Å². The van der Waals surface area contributed by atoms with E-state index in [1.807, 2.05) is 0 Å². The van der Waals surface area contributed by atoms with Crippen molar-refractivity contribution >= 4 is 34.7 Å². The molecule has 0 saturated carbocycles.